The zero-order chi connectivity index (χ0) is 12.6. The number of ketones is 1. The smallest absolute Gasteiger partial charge is 0.294 e. The largest absolute Gasteiger partial charge is 0.300 e. The Bertz CT molecular complexity index is 642. The summed E-state index contributed by atoms with van der Waals surface area (Å²) >= 11 is 5.71. The van der Waals surface area contributed by atoms with E-state index in [1.165, 1.54) is 13.0 Å². The van der Waals surface area contributed by atoms with E-state index in [-0.39, 0.29) is 21.9 Å². The SMILES string of the molecule is CC(=O)c1c([N+](=O)[O-])cnc2ccc(Cl)nc12. The molecule has 0 aliphatic heterocycles. The van der Waals surface area contributed by atoms with Crippen LogP contribution in [0.4, 0.5) is 5.69 Å². The average molecular weight is 252 g/mol. The molecule has 0 aliphatic carbocycles. The zero-order valence-electron chi connectivity index (χ0n) is 8.68. The van der Waals surface area contributed by atoms with E-state index < -0.39 is 10.7 Å². The molecule has 2 aromatic rings. The van der Waals surface area contributed by atoms with Crippen molar-refractivity contribution < 1.29 is 9.72 Å². The highest BCUT2D eigenvalue weighted by molar-refractivity contribution is 6.30. The van der Waals surface area contributed by atoms with Crippen molar-refractivity contribution in [3.63, 3.8) is 0 Å². The monoisotopic (exact) mass is 251 g/mol. The van der Waals surface area contributed by atoms with Crippen LogP contribution in [-0.2, 0) is 0 Å². The Morgan fingerprint density at radius 3 is 2.76 bits per heavy atom. The number of carbonyl (C=O) groups excluding carboxylic acids is 1. The number of nitro groups is 1. The van der Waals surface area contributed by atoms with Crippen LogP contribution in [0.2, 0.25) is 5.15 Å². The Kier molecular flexibility index (Phi) is 2.72. The standard InChI is InChI=1S/C10H6ClN3O3/c1-5(15)9-7(14(16)17)4-12-6-2-3-8(11)13-10(6)9/h2-4H,1H3. The molecule has 86 valence electrons. The number of carbonyl (C=O) groups is 1. The van der Waals surface area contributed by atoms with Crippen LogP contribution in [0.1, 0.15) is 17.3 Å². The summed E-state index contributed by atoms with van der Waals surface area (Å²) in [6, 6.07) is 3.06. The van der Waals surface area contributed by atoms with Crippen LogP contribution in [0.3, 0.4) is 0 Å². The molecule has 2 aromatic heterocycles. The normalized spacial score (nSPS) is 10.5. The number of hydrogen-bond acceptors (Lipinski definition) is 5. The number of Topliss-reactive ketones (excluding diaryl/α,β-unsaturated/α-hetero) is 1. The summed E-state index contributed by atoms with van der Waals surface area (Å²) in [5.41, 5.74) is 0.117. The summed E-state index contributed by atoms with van der Waals surface area (Å²) in [7, 11) is 0. The highest BCUT2D eigenvalue weighted by Gasteiger charge is 2.22. The molecule has 2 rings (SSSR count). The molecule has 0 atom stereocenters. The maximum absolute atomic E-state index is 11.5. The molecule has 0 aromatic carbocycles. The molecule has 0 fully saturated rings. The molecule has 2 heterocycles. The van der Waals surface area contributed by atoms with E-state index >= 15 is 0 Å². The molecule has 0 saturated heterocycles. The lowest BCUT2D eigenvalue weighted by Gasteiger charge is -2.03. The maximum atomic E-state index is 11.5. The van der Waals surface area contributed by atoms with E-state index in [1.807, 2.05) is 0 Å². The van der Waals surface area contributed by atoms with E-state index in [4.69, 9.17) is 11.6 Å². The van der Waals surface area contributed by atoms with Gasteiger partial charge in [0, 0.05) is 0 Å². The molecule has 0 spiro atoms. The van der Waals surface area contributed by atoms with Gasteiger partial charge in [0.2, 0.25) is 0 Å². The van der Waals surface area contributed by atoms with Crippen molar-refractivity contribution in [3.05, 3.63) is 39.2 Å². The van der Waals surface area contributed by atoms with Crippen molar-refractivity contribution in [2.45, 2.75) is 6.92 Å². The summed E-state index contributed by atoms with van der Waals surface area (Å²) in [5.74, 6) is -0.445. The molecule has 0 N–H and O–H groups in total. The van der Waals surface area contributed by atoms with Gasteiger partial charge in [-0.3, -0.25) is 14.9 Å². The first kappa shape index (κ1) is 11.4. The summed E-state index contributed by atoms with van der Waals surface area (Å²) in [6.45, 7) is 1.24. The minimum Gasteiger partial charge on any atom is -0.294 e. The van der Waals surface area contributed by atoms with Crippen LogP contribution < -0.4 is 0 Å². The molecule has 0 saturated carbocycles. The van der Waals surface area contributed by atoms with E-state index in [1.54, 1.807) is 6.07 Å². The quantitative estimate of drug-likeness (QED) is 0.354. The van der Waals surface area contributed by atoms with Crippen LogP contribution in [-0.4, -0.2) is 20.7 Å². The van der Waals surface area contributed by atoms with Gasteiger partial charge < -0.3 is 0 Å². The van der Waals surface area contributed by atoms with Crippen LogP contribution in [0, 0.1) is 10.1 Å². The van der Waals surface area contributed by atoms with Crippen molar-refractivity contribution in [1.29, 1.82) is 0 Å². The molecular formula is C10H6ClN3O3. The second kappa shape index (κ2) is 4.06. The maximum Gasteiger partial charge on any atom is 0.300 e. The lowest BCUT2D eigenvalue weighted by atomic mass is 10.1. The molecule has 17 heavy (non-hydrogen) atoms. The Labute approximate surface area is 100 Å². The fourth-order valence-corrected chi connectivity index (χ4v) is 1.67. The third-order valence-electron chi connectivity index (χ3n) is 2.21. The zero-order valence-corrected chi connectivity index (χ0v) is 9.43. The lowest BCUT2D eigenvalue weighted by molar-refractivity contribution is -0.385. The van der Waals surface area contributed by atoms with Crippen molar-refractivity contribution >= 4 is 34.1 Å². The summed E-state index contributed by atoms with van der Waals surface area (Å²) in [5, 5.41) is 11.0. The Morgan fingerprint density at radius 2 is 2.18 bits per heavy atom. The number of pyridine rings is 2. The fraction of sp³-hybridized carbons (Fsp3) is 0.100. The highest BCUT2D eigenvalue weighted by Crippen LogP contribution is 2.26. The number of rotatable bonds is 2. The highest BCUT2D eigenvalue weighted by atomic mass is 35.5. The second-order valence-corrected chi connectivity index (χ2v) is 3.72. The third-order valence-corrected chi connectivity index (χ3v) is 2.42. The molecule has 6 nitrogen and oxygen atoms in total. The molecule has 0 amide bonds. The molecule has 0 aliphatic rings. The van der Waals surface area contributed by atoms with E-state index in [0.717, 1.165) is 6.20 Å². The molecular weight excluding hydrogens is 246 g/mol. The lowest BCUT2D eigenvalue weighted by Crippen LogP contribution is -2.03. The summed E-state index contributed by atoms with van der Waals surface area (Å²) < 4.78 is 0. The van der Waals surface area contributed by atoms with Gasteiger partial charge >= 0.3 is 5.69 Å². The van der Waals surface area contributed by atoms with Gasteiger partial charge in [0.25, 0.3) is 0 Å². The number of halogens is 1. The second-order valence-electron chi connectivity index (χ2n) is 3.33. The van der Waals surface area contributed by atoms with Gasteiger partial charge in [-0.2, -0.15) is 0 Å². The van der Waals surface area contributed by atoms with Gasteiger partial charge in [-0.15, -0.1) is 0 Å². The summed E-state index contributed by atoms with van der Waals surface area (Å²) in [6.07, 6.45) is 1.05. The first-order chi connectivity index (χ1) is 8.00. The first-order valence-electron chi connectivity index (χ1n) is 4.61. The average Bonchev–Trinajstić information content (AvgIpc) is 2.26. The Balaban J connectivity index is 2.92. The van der Waals surface area contributed by atoms with Crippen LogP contribution >= 0.6 is 11.6 Å². The van der Waals surface area contributed by atoms with Crippen molar-refractivity contribution in [2.24, 2.45) is 0 Å². The van der Waals surface area contributed by atoms with Gasteiger partial charge in [0.15, 0.2) is 5.78 Å². The fourth-order valence-electron chi connectivity index (χ4n) is 1.52. The number of fused-ring (bicyclic) bond motifs is 1. The first-order valence-corrected chi connectivity index (χ1v) is 4.99. The molecule has 0 bridgehead atoms. The topological polar surface area (TPSA) is 86.0 Å². The molecule has 0 unspecified atom stereocenters. The van der Waals surface area contributed by atoms with Crippen LogP contribution in [0.15, 0.2) is 18.3 Å². The Hall–Kier alpha value is -2.08. The van der Waals surface area contributed by atoms with Gasteiger partial charge in [0.1, 0.15) is 22.4 Å². The van der Waals surface area contributed by atoms with Crippen molar-refractivity contribution in [1.82, 2.24) is 9.97 Å². The van der Waals surface area contributed by atoms with E-state index in [9.17, 15) is 14.9 Å². The van der Waals surface area contributed by atoms with Gasteiger partial charge in [-0.25, -0.2) is 9.97 Å². The van der Waals surface area contributed by atoms with Gasteiger partial charge in [-0.1, -0.05) is 11.6 Å². The van der Waals surface area contributed by atoms with E-state index in [0.29, 0.717) is 5.52 Å². The van der Waals surface area contributed by atoms with Gasteiger partial charge in [-0.05, 0) is 19.1 Å². The van der Waals surface area contributed by atoms with Crippen molar-refractivity contribution in [2.75, 3.05) is 0 Å². The third kappa shape index (κ3) is 1.94. The minimum absolute atomic E-state index is 0.0671. The van der Waals surface area contributed by atoms with Crippen molar-refractivity contribution in [3.8, 4) is 0 Å². The summed E-state index contributed by atoms with van der Waals surface area (Å²) in [4.78, 5) is 29.4. The minimum atomic E-state index is -0.661. The number of aromatic nitrogens is 2. The number of hydrogen-bond donors (Lipinski definition) is 0. The van der Waals surface area contributed by atoms with Crippen LogP contribution in [0.5, 0.6) is 0 Å². The predicted octanol–water partition coefficient (Wildman–Crippen LogP) is 2.39. The van der Waals surface area contributed by atoms with E-state index in [2.05, 4.69) is 9.97 Å². The number of nitrogens with zero attached hydrogens (tertiary/aromatic N) is 3. The predicted molar refractivity (Wildman–Crippen MR) is 61.2 cm³/mol. The van der Waals surface area contributed by atoms with Gasteiger partial charge in [0.05, 0.1) is 10.4 Å². The molecule has 7 heteroatoms. The van der Waals surface area contributed by atoms with Crippen LogP contribution in [0.25, 0.3) is 11.0 Å². The molecule has 0 radical (unpaired) electrons. The Morgan fingerprint density at radius 1 is 1.47 bits per heavy atom.